The minimum atomic E-state index is -0.482. The normalized spacial score (nSPS) is 11.1. The lowest BCUT2D eigenvalue weighted by molar-refractivity contribution is 0.616. The van der Waals surface area contributed by atoms with Crippen molar-refractivity contribution in [2.75, 3.05) is 0 Å². The molecule has 22 heavy (non-hydrogen) atoms. The molecule has 1 N–H and O–H groups in total. The molecular formula is C17H10N2O3. The van der Waals surface area contributed by atoms with Crippen LogP contribution in [-0.2, 0) is 0 Å². The van der Waals surface area contributed by atoms with Crippen LogP contribution < -0.4 is 11.1 Å². The highest BCUT2D eigenvalue weighted by molar-refractivity contribution is 5.91. The van der Waals surface area contributed by atoms with Crippen molar-refractivity contribution in [3.05, 3.63) is 75.3 Å². The molecule has 5 nitrogen and oxygen atoms in total. The van der Waals surface area contributed by atoms with E-state index in [1.807, 2.05) is 18.2 Å². The molecule has 5 heteroatoms. The molecule has 0 amide bonds. The van der Waals surface area contributed by atoms with Gasteiger partial charge in [0.1, 0.15) is 11.3 Å². The lowest BCUT2D eigenvalue weighted by Crippen LogP contribution is -2.12. The molecule has 2 aromatic heterocycles. The third kappa shape index (κ3) is 1.91. The van der Waals surface area contributed by atoms with Gasteiger partial charge in [-0.2, -0.15) is 4.98 Å². The van der Waals surface area contributed by atoms with Gasteiger partial charge in [-0.3, -0.25) is 4.79 Å². The van der Waals surface area contributed by atoms with E-state index in [2.05, 4.69) is 9.97 Å². The molecular weight excluding hydrogens is 280 g/mol. The highest BCUT2D eigenvalue weighted by Gasteiger charge is 2.12. The van der Waals surface area contributed by atoms with Gasteiger partial charge in [0, 0.05) is 11.5 Å². The van der Waals surface area contributed by atoms with Crippen molar-refractivity contribution in [1.82, 2.24) is 9.97 Å². The van der Waals surface area contributed by atoms with Crippen LogP contribution in [0.15, 0.2) is 68.6 Å². The molecule has 0 radical (unpaired) electrons. The van der Waals surface area contributed by atoms with E-state index in [0.29, 0.717) is 22.2 Å². The monoisotopic (exact) mass is 290 g/mol. The third-order valence-corrected chi connectivity index (χ3v) is 3.51. The topological polar surface area (TPSA) is 76.0 Å². The van der Waals surface area contributed by atoms with Gasteiger partial charge in [0.25, 0.3) is 0 Å². The first-order chi connectivity index (χ1) is 10.7. The van der Waals surface area contributed by atoms with Gasteiger partial charge in [0.2, 0.25) is 0 Å². The Labute approximate surface area is 123 Å². The zero-order chi connectivity index (χ0) is 15.1. The minimum absolute atomic E-state index is 0.164. The molecule has 2 aromatic carbocycles. The Morgan fingerprint density at radius 1 is 0.909 bits per heavy atom. The Morgan fingerprint density at radius 2 is 1.64 bits per heavy atom. The summed E-state index contributed by atoms with van der Waals surface area (Å²) in [5.41, 5.74) is 0.833. The lowest BCUT2D eigenvalue weighted by atomic mass is 10.1. The van der Waals surface area contributed by atoms with Crippen LogP contribution in [0, 0.1) is 0 Å². The summed E-state index contributed by atoms with van der Waals surface area (Å²) in [6.45, 7) is 0. The maximum atomic E-state index is 12.2. The molecule has 0 fully saturated rings. The van der Waals surface area contributed by atoms with Crippen molar-refractivity contribution in [2.45, 2.75) is 0 Å². The van der Waals surface area contributed by atoms with E-state index in [1.165, 1.54) is 6.07 Å². The Balaban J connectivity index is 2.12. The number of hydrogen-bond acceptors (Lipinski definition) is 4. The molecule has 2 heterocycles. The number of aromatic amines is 1. The predicted octanol–water partition coefficient (Wildman–Crippen LogP) is 2.70. The van der Waals surface area contributed by atoms with Gasteiger partial charge in [-0.05, 0) is 18.2 Å². The van der Waals surface area contributed by atoms with Crippen LogP contribution in [0.4, 0.5) is 0 Å². The molecule has 106 valence electrons. The number of hydrogen-bond donors (Lipinski definition) is 1. The molecule has 0 spiro atoms. The Morgan fingerprint density at radius 3 is 2.50 bits per heavy atom. The molecule has 0 unspecified atom stereocenters. The maximum Gasteiger partial charge on any atom is 0.346 e. The van der Waals surface area contributed by atoms with E-state index in [-0.39, 0.29) is 11.2 Å². The highest BCUT2D eigenvalue weighted by Crippen LogP contribution is 2.25. The summed E-state index contributed by atoms with van der Waals surface area (Å²) in [6, 6.07) is 15.6. The van der Waals surface area contributed by atoms with Gasteiger partial charge >= 0.3 is 5.69 Å². The van der Waals surface area contributed by atoms with Crippen LogP contribution in [0.5, 0.6) is 0 Å². The van der Waals surface area contributed by atoms with Crippen LogP contribution in [0.1, 0.15) is 0 Å². The SMILES string of the molecule is O=c1nc(-c2cc(=O)c3ccccc3o2)c2ccccc2[nH]1. The van der Waals surface area contributed by atoms with Gasteiger partial charge in [0.15, 0.2) is 11.2 Å². The molecule has 0 bridgehead atoms. The van der Waals surface area contributed by atoms with Crippen molar-refractivity contribution in [3.8, 4) is 11.5 Å². The number of nitrogens with zero attached hydrogens (tertiary/aromatic N) is 1. The van der Waals surface area contributed by atoms with E-state index >= 15 is 0 Å². The van der Waals surface area contributed by atoms with Crippen LogP contribution in [0.3, 0.4) is 0 Å². The lowest BCUT2D eigenvalue weighted by Gasteiger charge is -2.05. The standard InChI is InChI=1S/C17H10N2O3/c20-13-9-15(22-14-8-4-2-6-11(13)14)16-10-5-1-3-7-12(10)18-17(21)19-16/h1-9H,(H,18,19,21). The van der Waals surface area contributed by atoms with Crippen molar-refractivity contribution in [2.24, 2.45) is 0 Å². The maximum absolute atomic E-state index is 12.2. The van der Waals surface area contributed by atoms with Gasteiger partial charge in [-0.15, -0.1) is 0 Å². The van der Waals surface area contributed by atoms with Gasteiger partial charge in [-0.1, -0.05) is 30.3 Å². The van der Waals surface area contributed by atoms with Crippen LogP contribution in [0.2, 0.25) is 0 Å². The second kappa shape index (κ2) is 4.66. The fraction of sp³-hybridized carbons (Fsp3) is 0. The average Bonchev–Trinajstić information content (AvgIpc) is 2.54. The van der Waals surface area contributed by atoms with Gasteiger partial charge in [-0.25, -0.2) is 4.79 Å². The Kier molecular flexibility index (Phi) is 2.66. The molecule has 0 aliphatic heterocycles. The molecule has 4 rings (SSSR count). The summed E-state index contributed by atoms with van der Waals surface area (Å²) in [5, 5.41) is 1.22. The van der Waals surface area contributed by atoms with Crippen LogP contribution >= 0.6 is 0 Å². The van der Waals surface area contributed by atoms with Crippen molar-refractivity contribution < 1.29 is 4.42 Å². The Hall–Kier alpha value is -3.21. The summed E-state index contributed by atoms with van der Waals surface area (Å²) in [6.07, 6.45) is 0. The van der Waals surface area contributed by atoms with Crippen molar-refractivity contribution >= 4 is 21.9 Å². The van der Waals surface area contributed by atoms with E-state index in [0.717, 1.165) is 5.39 Å². The number of benzene rings is 2. The second-order valence-corrected chi connectivity index (χ2v) is 4.91. The fourth-order valence-corrected chi connectivity index (χ4v) is 2.51. The third-order valence-electron chi connectivity index (χ3n) is 3.51. The van der Waals surface area contributed by atoms with Crippen LogP contribution in [0.25, 0.3) is 33.3 Å². The molecule has 4 aromatic rings. The minimum Gasteiger partial charge on any atom is -0.454 e. The van der Waals surface area contributed by atoms with E-state index in [4.69, 9.17) is 4.42 Å². The second-order valence-electron chi connectivity index (χ2n) is 4.91. The fourth-order valence-electron chi connectivity index (χ4n) is 2.51. The summed E-state index contributed by atoms with van der Waals surface area (Å²) in [4.78, 5) is 30.6. The molecule has 0 saturated carbocycles. The summed E-state index contributed by atoms with van der Waals surface area (Å²) in [5.74, 6) is 0.283. The number of fused-ring (bicyclic) bond motifs is 2. The zero-order valence-electron chi connectivity index (χ0n) is 11.4. The largest absolute Gasteiger partial charge is 0.454 e. The number of nitrogens with one attached hydrogen (secondary N) is 1. The smallest absolute Gasteiger partial charge is 0.346 e. The quantitative estimate of drug-likeness (QED) is 0.585. The van der Waals surface area contributed by atoms with Crippen molar-refractivity contribution in [1.29, 1.82) is 0 Å². The molecule has 0 aliphatic carbocycles. The molecule has 0 atom stereocenters. The first-order valence-corrected chi connectivity index (χ1v) is 6.75. The first-order valence-electron chi connectivity index (χ1n) is 6.75. The van der Waals surface area contributed by atoms with E-state index in [9.17, 15) is 9.59 Å². The molecule has 0 saturated heterocycles. The zero-order valence-corrected chi connectivity index (χ0v) is 11.4. The number of para-hydroxylation sites is 2. The highest BCUT2D eigenvalue weighted by atomic mass is 16.3. The van der Waals surface area contributed by atoms with E-state index in [1.54, 1.807) is 30.3 Å². The number of H-pyrrole nitrogens is 1. The summed E-state index contributed by atoms with van der Waals surface area (Å²) in [7, 11) is 0. The molecule has 0 aliphatic rings. The van der Waals surface area contributed by atoms with E-state index < -0.39 is 5.69 Å². The summed E-state index contributed by atoms with van der Waals surface area (Å²) >= 11 is 0. The first kappa shape index (κ1) is 12.5. The van der Waals surface area contributed by atoms with Gasteiger partial charge < -0.3 is 9.40 Å². The van der Waals surface area contributed by atoms with Gasteiger partial charge in [0.05, 0.1) is 10.9 Å². The predicted molar refractivity (Wildman–Crippen MR) is 83.8 cm³/mol. The Bertz CT molecular complexity index is 1130. The average molecular weight is 290 g/mol. The summed E-state index contributed by atoms with van der Waals surface area (Å²) < 4.78 is 5.78. The van der Waals surface area contributed by atoms with Crippen LogP contribution in [-0.4, -0.2) is 9.97 Å². The van der Waals surface area contributed by atoms with Crippen molar-refractivity contribution in [3.63, 3.8) is 0 Å². The number of rotatable bonds is 1. The number of aromatic nitrogens is 2.